The minimum atomic E-state index is 0.640. The van der Waals surface area contributed by atoms with Gasteiger partial charge in [-0.15, -0.1) is 11.8 Å². The smallest absolute Gasteiger partial charge is 0.103 e. The Hall–Kier alpha value is -1.22. The molecule has 0 N–H and O–H groups in total. The van der Waals surface area contributed by atoms with Crippen molar-refractivity contribution in [3.63, 3.8) is 0 Å². The van der Waals surface area contributed by atoms with Crippen molar-refractivity contribution in [3.05, 3.63) is 23.8 Å². The lowest BCUT2D eigenvalue weighted by atomic mass is 10.1. The quantitative estimate of drug-likeness (QED) is 0.517. The van der Waals surface area contributed by atoms with Crippen LogP contribution in [0.2, 0.25) is 0 Å². The van der Waals surface area contributed by atoms with E-state index in [0.29, 0.717) is 13.2 Å². The number of thioether (sulfide) groups is 1. The molecule has 5 heteroatoms. The van der Waals surface area contributed by atoms with Crippen LogP contribution in [0.1, 0.15) is 12.0 Å². The molecule has 0 unspecified atom stereocenters. The Balaban J connectivity index is 2.96. The first-order valence-electron chi connectivity index (χ1n) is 6.58. The molecule has 0 saturated heterocycles. The molecular formula is C15H22N2O2S. The third kappa shape index (κ3) is 4.71. The van der Waals surface area contributed by atoms with Gasteiger partial charge in [-0.2, -0.15) is 5.26 Å². The van der Waals surface area contributed by atoms with E-state index >= 15 is 0 Å². The number of ether oxygens (including phenoxy) is 2. The Morgan fingerprint density at radius 1 is 1.20 bits per heavy atom. The second kappa shape index (κ2) is 9.65. The number of methoxy groups -OCH3 is 2. The molecule has 1 rings (SSSR count). The summed E-state index contributed by atoms with van der Waals surface area (Å²) >= 11 is 1.60. The molecule has 20 heavy (non-hydrogen) atoms. The molecule has 0 radical (unpaired) electrons. The Bertz CT molecular complexity index is 446. The van der Waals surface area contributed by atoms with Crippen molar-refractivity contribution in [3.8, 4) is 6.07 Å². The van der Waals surface area contributed by atoms with Gasteiger partial charge in [0, 0.05) is 38.8 Å². The van der Waals surface area contributed by atoms with Crippen molar-refractivity contribution >= 4 is 17.4 Å². The highest BCUT2D eigenvalue weighted by molar-refractivity contribution is 7.98. The molecule has 4 nitrogen and oxygen atoms in total. The van der Waals surface area contributed by atoms with E-state index in [-0.39, 0.29) is 0 Å². The van der Waals surface area contributed by atoms with Gasteiger partial charge in [-0.3, -0.25) is 0 Å². The highest BCUT2D eigenvalue weighted by atomic mass is 32.2. The van der Waals surface area contributed by atoms with Gasteiger partial charge < -0.3 is 14.4 Å². The number of hydrogen-bond donors (Lipinski definition) is 0. The Morgan fingerprint density at radius 2 is 1.95 bits per heavy atom. The molecule has 0 bridgehead atoms. The van der Waals surface area contributed by atoms with E-state index in [0.717, 1.165) is 35.7 Å². The molecule has 0 aliphatic carbocycles. The van der Waals surface area contributed by atoms with Gasteiger partial charge in [0.15, 0.2) is 0 Å². The zero-order chi connectivity index (χ0) is 14.8. The second-order valence-electron chi connectivity index (χ2n) is 4.29. The molecule has 0 heterocycles. The maximum Gasteiger partial charge on any atom is 0.103 e. The normalized spacial score (nSPS) is 10.3. The fourth-order valence-corrected chi connectivity index (χ4v) is 2.59. The molecule has 0 spiro atoms. The van der Waals surface area contributed by atoms with Crippen molar-refractivity contribution in [2.75, 3.05) is 51.7 Å². The largest absolute Gasteiger partial charge is 0.385 e. The molecule has 110 valence electrons. The van der Waals surface area contributed by atoms with E-state index in [9.17, 15) is 5.26 Å². The summed E-state index contributed by atoms with van der Waals surface area (Å²) in [6, 6.07) is 8.31. The van der Waals surface area contributed by atoms with Crippen LogP contribution in [0, 0.1) is 11.3 Å². The average Bonchev–Trinajstić information content (AvgIpc) is 2.49. The lowest BCUT2D eigenvalue weighted by Crippen LogP contribution is -2.29. The van der Waals surface area contributed by atoms with Gasteiger partial charge in [-0.1, -0.05) is 6.07 Å². The maximum absolute atomic E-state index is 9.43. The van der Waals surface area contributed by atoms with Gasteiger partial charge in [0.2, 0.25) is 0 Å². The first kappa shape index (κ1) is 16.8. The van der Waals surface area contributed by atoms with E-state index in [1.807, 2.05) is 24.5 Å². The van der Waals surface area contributed by atoms with Crippen molar-refractivity contribution in [2.45, 2.75) is 11.3 Å². The van der Waals surface area contributed by atoms with Crippen LogP contribution in [0.15, 0.2) is 23.1 Å². The first-order chi connectivity index (χ1) is 9.78. The van der Waals surface area contributed by atoms with E-state index in [1.54, 1.807) is 26.0 Å². The molecule has 0 fully saturated rings. The average molecular weight is 294 g/mol. The van der Waals surface area contributed by atoms with Crippen LogP contribution in [-0.4, -0.2) is 46.8 Å². The summed E-state index contributed by atoms with van der Waals surface area (Å²) in [5, 5.41) is 9.43. The van der Waals surface area contributed by atoms with E-state index in [4.69, 9.17) is 9.47 Å². The number of anilines is 1. The van der Waals surface area contributed by atoms with Crippen LogP contribution >= 0.6 is 11.8 Å². The number of nitrogens with zero attached hydrogens (tertiary/aromatic N) is 2. The fourth-order valence-electron chi connectivity index (χ4n) is 2.02. The number of hydrogen-bond acceptors (Lipinski definition) is 5. The van der Waals surface area contributed by atoms with Crippen LogP contribution < -0.4 is 4.90 Å². The van der Waals surface area contributed by atoms with E-state index in [2.05, 4.69) is 11.0 Å². The Morgan fingerprint density at radius 3 is 2.55 bits per heavy atom. The summed E-state index contributed by atoms with van der Waals surface area (Å²) < 4.78 is 10.3. The van der Waals surface area contributed by atoms with Crippen LogP contribution in [0.4, 0.5) is 5.69 Å². The van der Waals surface area contributed by atoms with Crippen LogP contribution in [0.3, 0.4) is 0 Å². The first-order valence-corrected chi connectivity index (χ1v) is 7.80. The third-order valence-corrected chi connectivity index (χ3v) is 3.80. The van der Waals surface area contributed by atoms with Gasteiger partial charge in [0.25, 0.3) is 0 Å². The number of benzene rings is 1. The molecule has 0 saturated carbocycles. The van der Waals surface area contributed by atoms with Crippen molar-refractivity contribution in [2.24, 2.45) is 0 Å². The lowest BCUT2D eigenvalue weighted by molar-refractivity contribution is 0.191. The van der Waals surface area contributed by atoms with Gasteiger partial charge in [-0.25, -0.2) is 0 Å². The predicted octanol–water partition coefficient (Wildman–Crippen LogP) is 2.77. The standard InChI is InChI=1S/C15H22N2O2S/c1-18-10-5-8-17(9-11-19-2)14-6-4-7-15(20-3)13(14)12-16/h4,6-7H,5,8-11H2,1-3H3. The molecule has 0 atom stereocenters. The molecule has 1 aromatic rings. The summed E-state index contributed by atoms with van der Waals surface area (Å²) in [6.45, 7) is 2.98. The highest BCUT2D eigenvalue weighted by Crippen LogP contribution is 2.29. The SMILES string of the molecule is COCCCN(CCOC)c1cccc(SC)c1C#N. The van der Waals surface area contributed by atoms with Crippen molar-refractivity contribution < 1.29 is 9.47 Å². The monoisotopic (exact) mass is 294 g/mol. The van der Waals surface area contributed by atoms with Crippen molar-refractivity contribution in [1.29, 1.82) is 5.26 Å². The summed E-state index contributed by atoms with van der Waals surface area (Å²) in [4.78, 5) is 3.21. The number of rotatable bonds is 9. The summed E-state index contributed by atoms with van der Waals surface area (Å²) in [7, 11) is 3.39. The highest BCUT2D eigenvalue weighted by Gasteiger charge is 2.13. The summed E-state index contributed by atoms with van der Waals surface area (Å²) in [5.41, 5.74) is 1.72. The molecule has 0 amide bonds. The summed E-state index contributed by atoms with van der Waals surface area (Å²) in [5.74, 6) is 0. The molecule has 0 aliphatic heterocycles. The van der Waals surface area contributed by atoms with E-state index < -0.39 is 0 Å². The number of nitriles is 1. The minimum absolute atomic E-state index is 0.640. The maximum atomic E-state index is 9.43. The fraction of sp³-hybridized carbons (Fsp3) is 0.533. The Kier molecular flexibility index (Phi) is 8.12. The minimum Gasteiger partial charge on any atom is -0.385 e. The third-order valence-electron chi connectivity index (χ3n) is 3.02. The zero-order valence-corrected chi connectivity index (χ0v) is 13.2. The van der Waals surface area contributed by atoms with Gasteiger partial charge in [-0.05, 0) is 24.8 Å². The van der Waals surface area contributed by atoms with Crippen LogP contribution in [-0.2, 0) is 9.47 Å². The van der Waals surface area contributed by atoms with E-state index in [1.165, 1.54) is 0 Å². The molecule has 0 aliphatic rings. The van der Waals surface area contributed by atoms with Gasteiger partial charge in [0.05, 0.1) is 17.9 Å². The Labute approximate surface area is 125 Å². The predicted molar refractivity (Wildman–Crippen MR) is 83.5 cm³/mol. The topological polar surface area (TPSA) is 45.5 Å². The van der Waals surface area contributed by atoms with Gasteiger partial charge in [0.1, 0.15) is 6.07 Å². The lowest BCUT2D eigenvalue weighted by Gasteiger charge is -2.26. The van der Waals surface area contributed by atoms with Gasteiger partial charge >= 0.3 is 0 Å². The molecular weight excluding hydrogens is 272 g/mol. The molecule has 0 aromatic heterocycles. The second-order valence-corrected chi connectivity index (χ2v) is 5.14. The zero-order valence-electron chi connectivity index (χ0n) is 12.4. The van der Waals surface area contributed by atoms with Crippen molar-refractivity contribution in [1.82, 2.24) is 0 Å². The van der Waals surface area contributed by atoms with Crippen LogP contribution in [0.5, 0.6) is 0 Å². The van der Waals surface area contributed by atoms with Crippen LogP contribution in [0.25, 0.3) is 0 Å². The summed E-state index contributed by atoms with van der Waals surface area (Å²) in [6.07, 6.45) is 2.92. The molecule has 1 aromatic carbocycles.